The van der Waals surface area contributed by atoms with Gasteiger partial charge in [-0.1, -0.05) is 34.1 Å². The zero-order valence-corrected chi connectivity index (χ0v) is 11.3. The first-order valence-corrected chi connectivity index (χ1v) is 7.71. The quantitative estimate of drug-likeness (QED) is 0.872. The summed E-state index contributed by atoms with van der Waals surface area (Å²) < 4.78 is 23.7. The Kier molecular flexibility index (Phi) is 5.44. The van der Waals surface area contributed by atoms with Crippen molar-refractivity contribution < 1.29 is 13.5 Å². The fourth-order valence-corrected chi connectivity index (χ4v) is 2.97. The van der Waals surface area contributed by atoms with Gasteiger partial charge in [0.15, 0.2) is 9.84 Å². The molecule has 3 nitrogen and oxygen atoms in total. The molecule has 0 amide bonds. The summed E-state index contributed by atoms with van der Waals surface area (Å²) in [6.45, 7) is -0.294. The van der Waals surface area contributed by atoms with Gasteiger partial charge in [0.25, 0.3) is 0 Å². The third-order valence-corrected chi connectivity index (χ3v) is 4.75. The summed E-state index contributed by atoms with van der Waals surface area (Å²) in [6, 6.07) is 7.78. The lowest BCUT2D eigenvalue weighted by Gasteiger charge is -2.04. The number of benzene rings is 1. The Bertz CT molecular complexity index is 429. The highest BCUT2D eigenvalue weighted by Gasteiger charge is 2.09. The third-order valence-electron chi connectivity index (χ3n) is 2.26. The van der Waals surface area contributed by atoms with E-state index in [-0.39, 0.29) is 18.1 Å². The molecule has 0 aromatic heterocycles. The molecule has 5 heteroatoms. The zero-order valence-electron chi connectivity index (χ0n) is 8.89. The first-order chi connectivity index (χ1) is 7.55. The minimum atomic E-state index is -3.08. The van der Waals surface area contributed by atoms with Gasteiger partial charge in [-0.15, -0.1) is 0 Å². The Balaban J connectivity index is 2.45. The molecule has 0 bridgehead atoms. The number of aliphatic hydroxyl groups is 1. The number of aliphatic hydroxyl groups excluding tert-OH is 1. The second-order valence-corrected chi connectivity index (χ2v) is 6.73. The minimum Gasteiger partial charge on any atom is -0.395 e. The van der Waals surface area contributed by atoms with Crippen molar-refractivity contribution in [3.63, 3.8) is 0 Å². The van der Waals surface area contributed by atoms with Crippen LogP contribution in [-0.4, -0.2) is 31.6 Å². The van der Waals surface area contributed by atoms with Crippen molar-refractivity contribution in [2.24, 2.45) is 0 Å². The highest BCUT2D eigenvalue weighted by atomic mass is 79.9. The Labute approximate surface area is 105 Å². The van der Waals surface area contributed by atoms with Gasteiger partial charge in [0.05, 0.1) is 18.1 Å². The highest BCUT2D eigenvalue weighted by molar-refractivity contribution is 9.10. The molecule has 0 atom stereocenters. The second kappa shape index (κ2) is 6.37. The zero-order chi connectivity index (χ0) is 12.0. The van der Waals surface area contributed by atoms with E-state index in [1.54, 1.807) is 0 Å². The van der Waals surface area contributed by atoms with Gasteiger partial charge in [-0.05, 0) is 24.5 Å². The van der Waals surface area contributed by atoms with Crippen LogP contribution in [0.3, 0.4) is 0 Å². The summed E-state index contributed by atoms with van der Waals surface area (Å²) in [4.78, 5) is 0. The van der Waals surface area contributed by atoms with Gasteiger partial charge in [0.1, 0.15) is 0 Å². The van der Waals surface area contributed by atoms with Gasteiger partial charge in [0, 0.05) is 4.47 Å². The average Bonchev–Trinajstić information content (AvgIpc) is 2.20. The van der Waals surface area contributed by atoms with Crippen LogP contribution in [0.5, 0.6) is 0 Å². The second-order valence-electron chi connectivity index (χ2n) is 3.57. The molecule has 0 heterocycles. The monoisotopic (exact) mass is 306 g/mol. The molecule has 0 radical (unpaired) electrons. The normalized spacial score (nSPS) is 11.6. The van der Waals surface area contributed by atoms with Crippen LogP contribution in [0.15, 0.2) is 28.7 Å². The summed E-state index contributed by atoms with van der Waals surface area (Å²) in [7, 11) is -3.08. The summed E-state index contributed by atoms with van der Waals surface area (Å²) in [5.74, 6) is -0.00213. The molecule has 0 saturated heterocycles. The van der Waals surface area contributed by atoms with E-state index < -0.39 is 9.84 Å². The number of hydrogen-bond donors (Lipinski definition) is 1. The van der Waals surface area contributed by atoms with Crippen LogP contribution in [0, 0.1) is 0 Å². The molecule has 1 aromatic carbocycles. The van der Waals surface area contributed by atoms with Gasteiger partial charge < -0.3 is 5.11 Å². The maximum absolute atomic E-state index is 11.3. The van der Waals surface area contributed by atoms with Gasteiger partial charge >= 0.3 is 0 Å². The molecule has 16 heavy (non-hydrogen) atoms. The standard InChI is InChI=1S/C11H15BrO3S/c12-11-6-2-1-4-10(11)5-3-8-16(14,15)9-7-13/h1-2,4,6,13H,3,5,7-9H2. The van der Waals surface area contributed by atoms with Gasteiger partial charge in [0.2, 0.25) is 0 Å². The number of halogens is 1. The number of aryl methyl sites for hydroxylation is 1. The fourth-order valence-electron chi connectivity index (χ4n) is 1.42. The summed E-state index contributed by atoms with van der Waals surface area (Å²) >= 11 is 3.42. The molecule has 0 aliphatic rings. The van der Waals surface area contributed by atoms with Crippen LogP contribution >= 0.6 is 15.9 Å². The van der Waals surface area contributed by atoms with E-state index in [1.165, 1.54) is 0 Å². The van der Waals surface area contributed by atoms with Gasteiger partial charge in [-0.25, -0.2) is 8.42 Å². The molecular weight excluding hydrogens is 292 g/mol. The van der Waals surface area contributed by atoms with Crippen molar-refractivity contribution in [1.82, 2.24) is 0 Å². The Morgan fingerprint density at radius 3 is 2.50 bits per heavy atom. The maximum Gasteiger partial charge on any atom is 0.152 e. The van der Waals surface area contributed by atoms with Crippen LogP contribution in [0.2, 0.25) is 0 Å². The van der Waals surface area contributed by atoms with Crippen LogP contribution in [-0.2, 0) is 16.3 Å². The van der Waals surface area contributed by atoms with E-state index in [4.69, 9.17) is 5.11 Å². The van der Waals surface area contributed by atoms with E-state index in [9.17, 15) is 8.42 Å². The summed E-state index contributed by atoms with van der Waals surface area (Å²) in [5.41, 5.74) is 1.11. The Hall–Kier alpha value is -0.390. The van der Waals surface area contributed by atoms with E-state index in [2.05, 4.69) is 15.9 Å². The van der Waals surface area contributed by atoms with Gasteiger partial charge in [-0.3, -0.25) is 0 Å². The Morgan fingerprint density at radius 2 is 1.88 bits per heavy atom. The number of hydrogen-bond acceptors (Lipinski definition) is 3. The minimum absolute atomic E-state index is 0.134. The van der Waals surface area contributed by atoms with Crippen LogP contribution < -0.4 is 0 Å². The van der Waals surface area contributed by atoms with Crippen molar-refractivity contribution >= 4 is 25.8 Å². The number of sulfone groups is 1. The maximum atomic E-state index is 11.3. The van der Waals surface area contributed by atoms with Crippen molar-refractivity contribution in [1.29, 1.82) is 0 Å². The molecule has 90 valence electrons. The Morgan fingerprint density at radius 1 is 1.19 bits per heavy atom. The van der Waals surface area contributed by atoms with Crippen molar-refractivity contribution in [3.8, 4) is 0 Å². The lowest BCUT2D eigenvalue weighted by atomic mass is 10.1. The smallest absolute Gasteiger partial charge is 0.152 e. The first kappa shape index (κ1) is 13.7. The third kappa shape index (κ3) is 4.63. The lowest BCUT2D eigenvalue weighted by Crippen LogP contribution is -2.14. The molecule has 0 aliphatic carbocycles. The lowest BCUT2D eigenvalue weighted by molar-refractivity contribution is 0.319. The molecular formula is C11H15BrO3S. The molecule has 0 fully saturated rings. The molecule has 0 saturated carbocycles. The number of rotatable bonds is 6. The molecule has 1 rings (SSSR count). The van der Waals surface area contributed by atoms with E-state index >= 15 is 0 Å². The average molecular weight is 307 g/mol. The van der Waals surface area contributed by atoms with Crippen LogP contribution in [0.4, 0.5) is 0 Å². The molecule has 0 unspecified atom stereocenters. The van der Waals surface area contributed by atoms with Gasteiger partial charge in [-0.2, -0.15) is 0 Å². The SMILES string of the molecule is O=S(=O)(CCO)CCCc1ccccc1Br. The molecule has 0 aliphatic heterocycles. The summed E-state index contributed by atoms with van der Waals surface area (Å²) in [6.07, 6.45) is 1.32. The predicted molar refractivity (Wildman–Crippen MR) is 68.2 cm³/mol. The van der Waals surface area contributed by atoms with Crippen molar-refractivity contribution in [2.75, 3.05) is 18.1 Å². The highest BCUT2D eigenvalue weighted by Crippen LogP contribution is 2.17. The van der Waals surface area contributed by atoms with Crippen molar-refractivity contribution in [2.45, 2.75) is 12.8 Å². The van der Waals surface area contributed by atoms with Crippen LogP contribution in [0.1, 0.15) is 12.0 Å². The van der Waals surface area contributed by atoms with Crippen molar-refractivity contribution in [3.05, 3.63) is 34.3 Å². The molecule has 0 spiro atoms. The molecule has 1 N–H and O–H groups in total. The molecule has 1 aromatic rings. The van der Waals surface area contributed by atoms with E-state index in [0.717, 1.165) is 16.5 Å². The fraction of sp³-hybridized carbons (Fsp3) is 0.455. The van der Waals surface area contributed by atoms with E-state index in [0.29, 0.717) is 6.42 Å². The summed E-state index contributed by atoms with van der Waals surface area (Å²) in [5, 5.41) is 8.58. The largest absolute Gasteiger partial charge is 0.395 e. The topological polar surface area (TPSA) is 54.4 Å². The van der Waals surface area contributed by atoms with Crippen LogP contribution in [0.25, 0.3) is 0 Å². The first-order valence-electron chi connectivity index (χ1n) is 5.10. The predicted octanol–water partition coefficient (Wildman–Crippen LogP) is 1.79. The van der Waals surface area contributed by atoms with E-state index in [1.807, 2.05) is 24.3 Å².